The molecule has 3 nitrogen and oxygen atoms in total. The van der Waals surface area contributed by atoms with Crippen LogP contribution in [0.2, 0.25) is 0 Å². The second kappa shape index (κ2) is 1.49. The first-order chi connectivity index (χ1) is 5.01. The number of carboxylic acids is 1. The summed E-state index contributed by atoms with van der Waals surface area (Å²) in [6.07, 6.45) is 1.76. The number of Topliss-reactive ketones (excluding diaryl/α,β-unsaturated/α-hetero) is 1. The van der Waals surface area contributed by atoms with Gasteiger partial charge in [0.25, 0.3) is 0 Å². The lowest BCUT2D eigenvalue weighted by molar-refractivity contribution is -0.218. The van der Waals surface area contributed by atoms with E-state index < -0.39 is 11.4 Å². The predicted octanol–water partition coefficient (Wildman–Crippen LogP) is 0.830. The number of carbonyl (C=O) groups is 2. The van der Waals surface area contributed by atoms with Crippen LogP contribution in [0.15, 0.2) is 0 Å². The molecular weight excluding hydrogens is 144 g/mol. The first kappa shape index (κ1) is 6.83. The highest BCUT2D eigenvalue weighted by Gasteiger charge is 2.73. The normalized spacial score (nSPS) is 45.5. The third-order valence-corrected chi connectivity index (χ3v) is 3.23. The van der Waals surface area contributed by atoms with Crippen LogP contribution < -0.4 is 0 Å². The summed E-state index contributed by atoms with van der Waals surface area (Å²) in [4.78, 5) is 21.6. The van der Waals surface area contributed by atoms with Crippen LogP contribution in [0.5, 0.6) is 0 Å². The highest BCUT2D eigenvalue weighted by Crippen LogP contribution is 2.73. The summed E-state index contributed by atoms with van der Waals surface area (Å²) >= 11 is 0. The minimum atomic E-state index is -0.722. The second-order valence-corrected chi connectivity index (χ2v) is 3.95. The Labute approximate surface area is 64.4 Å². The summed E-state index contributed by atoms with van der Waals surface area (Å²) in [7, 11) is 0. The predicted molar refractivity (Wildman–Crippen MR) is 37.0 cm³/mol. The first-order valence-corrected chi connectivity index (χ1v) is 3.75. The van der Waals surface area contributed by atoms with Gasteiger partial charge in [-0.2, -0.15) is 0 Å². The molecule has 0 unspecified atom stereocenters. The lowest BCUT2D eigenvalue weighted by Gasteiger charge is -2.66. The molecule has 3 heteroatoms. The summed E-state index contributed by atoms with van der Waals surface area (Å²) in [5.41, 5.74) is -0.704. The Morgan fingerprint density at radius 2 is 1.64 bits per heavy atom. The number of ketones is 1. The minimum absolute atomic E-state index is 0.167. The van der Waals surface area contributed by atoms with Gasteiger partial charge < -0.3 is 5.11 Å². The van der Waals surface area contributed by atoms with E-state index in [-0.39, 0.29) is 11.2 Å². The van der Waals surface area contributed by atoms with E-state index in [1.807, 2.05) is 0 Å². The molecular formula is C8H10O3. The molecule has 0 aromatic carbocycles. The van der Waals surface area contributed by atoms with Gasteiger partial charge in [0, 0.05) is 5.41 Å². The van der Waals surface area contributed by atoms with Gasteiger partial charge in [0.1, 0.15) is 5.78 Å². The Balaban J connectivity index is 2.10. The lowest BCUT2D eigenvalue weighted by Crippen LogP contribution is -2.68. The summed E-state index contributed by atoms with van der Waals surface area (Å²) in [5.74, 6) is -0.554. The first-order valence-electron chi connectivity index (χ1n) is 3.75. The van der Waals surface area contributed by atoms with Crippen molar-refractivity contribution in [1.29, 1.82) is 0 Å². The number of aliphatic carboxylic acids is 1. The molecule has 0 aromatic heterocycles. The molecule has 0 saturated heterocycles. The van der Waals surface area contributed by atoms with Crippen LogP contribution >= 0.6 is 0 Å². The zero-order valence-corrected chi connectivity index (χ0v) is 6.39. The maximum Gasteiger partial charge on any atom is 0.309 e. The summed E-state index contributed by atoms with van der Waals surface area (Å²) in [5, 5.41) is 8.72. The van der Waals surface area contributed by atoms with Crippen molar-refractivity contribution < 1.29 is 14.7 Å². The largest absolute Gasteiger partial charge is 0.481 e. The lowest BCUT2D eigenvalue weighted by atomic mass is 9.34. The molecule has 3 aliphatic carbocycles. The van der Waals surface area contributed by atoms with Crippen molar-refractivity contribution in [2.75, 3.05) is 0 Å². The van der Waals surface area contributed by atoms with Gasteiger partial charge in [0.15, 0.2) is 0 Å². The molecule has 0 heterocycles. The third-order valence-electron chi connectivity index (χ3n) is 3.23. The van der Waals surface area contributed by atoms with Crippen molar-refractivity contribution in [3.63, 3.8) is 0 Å². The van der Waals surface area contributed by atoms with E-state index in [0.717, 1.165) is 0 Å². The van der Waals surface area contributed by atoms with Gasteiger partial charge in [-0.25, -0.2) is 0 Å². The number of carbonyl (C=O) groups excluding carboxylic acids is 1. The molecule has 0 radical (unpaired) electrons. The molecule has 0 aliphatic heterocycles. The monoisotopic (exact) mass is 154 g/mol. The molecule has 60 valence electrons. The molecule has 2 bridgehead atoms. The number of carboxylic acid groups (broad SMARTS) is 1. The Bertz CT molecular complexity index is 210. The Morgan fingerprint density at radius 1 is 1.18 bits per heavy atom. The van der Waals surface area contributed by atoms with Gasteiger partial charge >= 0.3 is 5.97 Å². The average Bonchev–Trinajstić information content (AvgIpc) is 1.51. The van der Waals surface area contributed by atoms with Gasteiger partial charge in [-0.1, -0.05) is 0 Å². The van der Waals surface area contributed by atoms with Crippen LogP contribution in [0.3, 0.4) is 0 Å². The van der Waals surface area contributed by atoms with Crippen LogP contribution in [0, 0.1) is 10.8 Å². The Hall–Kier alpha value is -0.860. The van der Waals surface area contributed by atoms with Crippen molar-refractivity contribution in [2.24, 2.45) is 10.8 Å². The van der Waals surface area contributed by atoms with Crippen molar-refractivity contribution in [1.82, 2.24) is 0 Å². The molecule has 3 rings (SSSR count). The average molecular weight is 154 g/mol. The van der Waals surface area contributed by atoms with Gasteiger partial charge in [-0.05, 0) is 26.2 Å². The minimum Gasteiger partial charge on any atom is -0.481 e. The molecule has 11 heavy (non-hydrogen) atoms. The van der Waals surface area contributed by atoms with Crippen molar-refractivity contribution in [3.8, 4) is 0 Å². The van der Waals surface area contributed by atoms with Crippen LogP contribution in [0.25, 0.3) is 0 Å². The molecule has 3 saturated carbocycles. The zero-order valence-electron chi connectivity index (χ0n) is 6.39. The van der Waals surface area contributed by atoms with Crippen LogP contribution in [0.1, 0.15) is 26.2 Å². The van der Waals surface area contributed by atoms with E-state index in [4.69, 9.17) is 5.11 Å². The smallest absolute Gasteiger partial charge is 0.309 e. The van der Waals surface area contributed by atoms with Crippen LogP contribution in [-0.4, -0.2) is 16.9 Å². The molecule has 0 atom stereocenters. The van der Waals surface area contributed by atoms with Crippen LogP contribution in [-0.2, 0) is 9.59 Å². The maximum atomic E-state index is 11.0. The fourth-order valence-electron chi connectivity index (χ4n) is 2.39. The highest BCUT2D eigenvalue weighted by molar-refractivity contribution is 5.93. The fourth-order valence-corrected chi connectivity index (χ4v) is 2.39. The number of hydrogen-bond acceptors (Lipinski definition) is 2. The molecule has 3 aliphatic rings. The van der Waals surface area contributed by atoms with Crippen molar-refractivity contribution in [2.45, 2.75) is 26.2 Å². The van der Waals surface area contributed by atoms with E-state index in [9.17, 15) is 9.59 Å². The third kappa shape index (κ3) is 0.549. The van der Waals surface area contributed by atoms with E-state index in [1.54, 1.807) is 6.92 Å². The van der Waals surface area contributed by atoms with Gasteiger partial charge in [0.2, 0.25) is 0 Å². The zero-order chi connectivity index (χ0) is 8.28. The maximum absolute atomic E-state index is 11.0. The Morgan fingerprint density at radius 3 is 1.91 bits per heavy atom. The van der Waals surface area contributed by atoms with E-state index in [2.05, 4.69) is 0 Å². The summed E-state index contributed by atoms with van der Waals surface area (Å²) in [6, 6.07) is 0. The summed E-state index contributed by atoms with van der Waals surface area (Å²) in [6.45, 7) is 1.56. The highest BCUT2D eigenvalue weighted by atomic mass is 16.4. The SMILES string of the molecule is CC(=O)C12CC(C(=O)O)(C1)C2. The number of rotatable bonds is 2. The molecule has 1 N–H and O–H groups in total. The van der Waals surface area contributed by atoms with Crippen molar-refractivity contribution >= 4 is 11.8 Å². The molecule has 0 aromatic rings. The van der Waals surface area contributed by atoms with Gasteiger partial charge in [-0.3, -0.25) is 9.59 Å². The topological polar surface area (TPSA) is 54.4 Å². The summed E-state index contributed by atoms with van der Waals surface area (Å²) < 4.78 is 0. The standard InChI is InChI=1S/C8H10O3/c1-5(9)7-2-8(3-7,4-7)6(10)11/h2-4H2,1H3,(H,10,11). The van der Waals surface area contributed by atoms with Gasteiger partial charge in [0.05, 0.1) is 5.41 Å². The van der Waals surface area contributed by atoms with Crippen LogP contribution in [0.4, 0.5) is 0 Å². The fraction of sp³-hybridized carbons (Fsp3) is 0.750. The molecule has 0 spiro atoms. The molecule has 0 amide bonds. The van der Waals surface area contributed by atoms with Gasteiger partial charge in [-0.15, -0.1) is 0 Å². The Kier molecular flexibility index (Phi) is 0.926. The molecule has 3 fully saturated rings. The quantitative estimate of drug-likeness (QED) is 0.641. The number of hydrogen-bond donors (Lipinski definition) is 1. The van der Waals surface area contributed by atoms with E-state index in [0.29, 0.717) is 19.3 Å². The van der Waals surface area contributed by atoms with E-state index in [1.165, 1.54) is 0 Å². The van der Waals surface area contributed by atoms with E-state index >= 15 is 0 Å². The van der Waals surface area contributed by atoms with Crippen molar-refractivity contribution in [3.05, 3.63) is 0 Å². The second-order valence-electron chi connectivity index (χ2n) is 3.95.